The second kappa shape index (κ2) is 8.50. The van der Waals surface area contributed by atoms with Gasteiger partial charge < -0.3 is 5.11 Å². The van der Waals surface area contributed by atoms with Crippen LogP contribution in [0.3, 0.4) is 0 Å². The summed E-state index contributed by atoms with van der Waals surface area (Å²) in [4.78, 5) is 11.9. The lowest BCUT2D eigenvalue weighted by atomic mass is 9.95. The Kier molecular flexibility index (Phi) is 7.33. The van der Waals surface area contributed by atoms with Crippen molar-refractivity contribution in [2.24, 2.45) is 5.92 Å². The first kappa shape index (κ1) is 18.1. The van der Waals surface area contributed by atoms with Gasteiger partial charge in [-0.15, -0.1) is 0 Å². The highest BCUT2D eigenvalue weighted by molar-refractivity contribution is 9.10. The van der Waals surface area contributed by atoms with Gasteiger partial charge in [0.2, 0.25) is 0 Å². The molecule has 0 bridgehead atoms. The molecule has 0 amide bonds. The number of carbonyl (C=O) groups is 1. The highest BCUT2D eigenvalue weighted by Crippen LogP contribution is 2.18. The van der Waals surface area contributed by atoms with Gasteiger partial charge in [-0.2, -0.15) is 0 Å². The highest BCUT2D eigenvalue weighted by Gasteiger charge is 2.12. The largest absolute Gasteiger partial charge is 0.390 e. The van der Waals surface area contributed by atoms with Gasteiger partial charge in [-0.25, -0.2) is 0 Å². The number of carbonyl (C=O) groups excluding carboxylic acids is 1. The van der Waals surface area contributed by atoms with E-state index in [1.54, 1.807) is 6.08 Å². The zero-order valence-electron chi connectivity index (χ0n) is 13.1. The second-order valence-electron chi connectivity index (χ2n) is 6.32. The van der Waals surface area contributed by atoms with Gasteiger partial charge in [0, 0.05) is 10.0 Å². The summed E-state index contributed by atoms with van der Waals surface area (Å²) >= 11 is 3.36. The molecule has 0 aliphatic heterocycles. The molecule has 1 atom stereocenters. The molecule has 1 aromatic rings. The monoisotopic (exact) mass is 352 g/mol. The van der Waals surface area contributed by atoms with Crippen LogP contribution in [-0.2, 0) is 0 Å². The molecular formula is C18H25BrO2. The molecule has 0 saturated heterocycles. The fourth-order valence-electron chi connectivity index (χ4n) is 2.12. The quantitative estimate of drug-likeness (QED) is 0.518. The lowest BCUT2D eigenvalue weighted by Gasteiger charge is -2.17. The van der Waals surface area contributed by atoms with Crippen LogP contribution in [0, 0.1) is 5.92 Å². The lowest BCUT2D eigenvalue weighted by molar-refractivity contribution is 0.0670. The Bertz CT molecular complexity index is 469. The highest BCUT2D eigenvalue weighted by atomic mass is 79.9. The van der Waals surface area contributed by atoms with E-state index in [9.17, 15) is 9.90 Å². The van der Waals surface area contributed by atoms with Crippen molar-refractivity contribution in [2.75, 3.05) is 0 Å². The maximum atomic E-state index is 11.9. The van der Waals surface area contributed by atoms with Gasteiger partial charge in [-0.3, -0.25) is 4.79 Å². The van der Waals surface area contributed by atoms with Gasteiger partial charge in [0.25, 0.3) is 0 Å². The van der Waals surface area contributed by atoms with Crippen LogP contribution in [0.4, 0.5) is 0 Å². The summed E-state index contributed by atoms with van der Waals surface area (Å²) in [6.07, 6.45) is 7.42. The molecule has 0 radical (unpaired) electrons. The first-order valence-electron chi connectivity index (χ1n) is 7.47. The average Bonchev–Trinajstić information content (AvgIpc) is 2.37. The Labute approximate surface area is 136 Å². The zero-order chi connectivity index (χ0) is 15.9. The van der Waals surface area contributed by atoms with E-state index in [4.69, 9.17) is 0 Å². The van der Waals surface area contributed by atoms with Crippen molar-refractivity contribution in [1.29, 1.82) is 0 Å². The van der Waals surface area contributed by atoms with Crippen molar-refractivity contribution in [3.8, 4) is 0 Å². The summed E-state index contributed by atoms with van der Waals surface area (Å²) in [7, 11) is 0. The molecule has 1 rings (SSSR count). The van der Waals surface area contributed by atoms with Crippen LogP contribution < -0.4 is 0 Å². The van der Waals surface area contributed by atoms with Crippen molar-refractivity contribution < 1.29 is 9.90 Å². The predicted octanol–water partition coefficient (Wildman–Crippen LogP) is 5.16. The van der Waals surface area contributed by atoms with Crippen molar-refractivity contribution in [1.82, 2.24) is 0 Å². The SMILES string of the molecule is C[C@@H](CC=CC(=O)c1ccc(Br)cc1)CCCC(C)(C)O. The minimum absolute atomic E-state index is 0.0474. The summed E-state index contributed by atoms with van der Waals surface area (Å²) in [6, 6.07) is 7.40. The molecule has 2 nitrogen and oxygen atoms in total. The fourth-order valence-corrected chi connectivity index (χ4v) is 2.38. The zero-order valence-corrected chi connectivity index (χ0v) is 14.7. The Balaban J connectivity index is 2.33. The normalized spacial score (nSPS) is 13.6. The van der Waals surface area contributed by atoms with Crippen molar-refractivity contribution in [3.63, 3.8) is 0 Å². The summed E-state index contributed by atoms with van der Waals surface area (Å²) < 4.78 is 0.975. The summed E-state index contributed by atoms with van der Waals surface area (Å²) in [5.74, 6) is 0.576. The standard InChI is InChI=1S/C18H25BrO2/c1-14(7-5-13-18(2,3)21)6-4-8-17(20)15-9-11-16(19)12-10-15/h4,8-12,14,21H,5-7,13H2,1-3H3/t14-/m0/s1. The molecule has 1 aromatic carbocycles. The van der Waals surface area contributed by atoms with E-state index in [-0.39, 0.29) is 5.78 Å². The van der Waals surface area contributed by atoms with Crippen LogP contribution in [0.1, 0.15) is 56.8 Å². The fraction of sp³-hybridized carbons (Fsp3) is 0.500. The van der Waals surface area contributed by atoms with Gasteiger partial charge in [0.15, 0.2) is 5.78 Å². The Morgan fingerprint density at radius 3 is 2.52 bits per heavy atom. The topological polar surface area (TPSA) is 37.3 Å². The molecule has 0 aromatic heterocycles. The number of halogens is 1. The summed E-state index contributed by atoms with van der Waals surface area (Å²) in [5, 5.41) is 9.66. The molecule has 0 heterocycles. The molecule has 3 heteroatoms. The third-order valence-corrected chi connectivity index (χ3v) is 3.95. The first-order valence-corrected chi connectivity index (χ1v) is 8.26. The predicted molar refractivity (Wildman–Crippen MR) is 91.5 cm³/mol. The molecule has 0 spiro atoms. The minimum atomic E-state index is -0.576. The maximum absolute atomic E-state index is 11.9. The van der Waals surface area contributed by atoms with Crippen LogP contribution in [0.25, 0.3) is 0 Å². The van der Waals surface area contributed by atoms with Gasteiger partial charge >= 0.3 is 0 Å². The third kappa shape index (κ3) is 8.18. The first-order chi connectivity index (χ1) is 9.78. The molecule has 0 aliphatic rings. The number of hydrogen-bond donors (Lipinski definition) is 1. The van der Waals surface area contributed by atoms with E-state index in [1.807, 2.05) is 44.2 Å². The van der Waals surface area contributed by atoms with Gasteiger partial charge in [-0.1, -0.05) is 41.8 Å². The molecule has 0 saturated carbocycles. The minimum Gasteiger partial charge on any atom is -0.390 e. The van der Waals surface area contributed by atoms with E-state index < -0.39 is 5.60 Å². The molecular weight excluding hydrogens is 328 g/mol. The summed E-state index contributed by atoms with van der Waals surface area (Å²) in [5.41, 5.74) is 0.136. The second-order valence-corrected chi connectivity index (χ2v) is 7.23. The smallest absolute Gasteiger partial charge is 0.185 e. The van der Waals surface area contributed by atoms with Crippen LogP contribution in [0.15, 0.2) is 40.9 Å². The van der Waals surface area contributed by atoms with Gasteiger partial charge in [0.05, 0.1) is 5.60 Å². The molecule has 116 valence electrons. The average molecular weight is 353 g/mol. The van der Waals surface area contributed by atoms with Crippen LogP contribution in [0.5, 0.6) is 0 Å². The van der Waals surface area contributed by atoms with Crippen LogP contribution in [-0.4, -0.2) is 16.5 Å². The Morgan fingerprint density at radius 2 is 1.95 bits per heavy atom. The number of ketones is 1. The Morgan fingerprint density at radius 1 is 1.33 bits per heavy atom. The maximum Gasteiger partial charge on any atom is 0.185 e. The van der Waals surface area contributed by atoms with Gasteiger partial charge in [-0.05, 0) is 62.9 Å². The molecule has 21 heavy (non-hydrogen) atoms. The molecule has 0 unspecified atom stereocenters. The number of benzene rings is 1. The van der Waals surface area contributed by atoms with Crippen LogP contribution >= 0.6 is 15.9 Å². The van der Waals surface area contributed by atoms with E-state index in [0.29, 0.717) is 11.5 Å². The van der Waals surface area contributed by atoms with Crippen molar-refractivity contribution >= 4 is 21.7 Å². The lowest BCUT2D eigenvalue weighted by Crippen LogP contribution is -2.18. The van der Waals surface area contributed by atoms with Gasteiger partial charge in [0.1, 0.15) is 0 Å². The van der Waals surface area contributed by atoms with E-state index in [0.717, 1.165) is 30.2 Å². The number of allylic oxidation sites excluding steroid dienone is 2. The number of aliphatic hydroxyl groups is 1. The van der Waals surface area contributed by atoms with E-state index >= 15 is 0 Å². The number of hydrogen-bond acceptors (Lipinski definition) is 2. The molecule has 0 aliphatic carbocycles. The Hall–Kier alpha value is -0.930. The van der Waals surface area contributed by atoms with Crippen LogP contribution in [0.2, 0.25) is 0 Å². The molecule has 0 fully saturated rings. The van der Waals surface area contributed by atoms with Crippen molar-refractivity contribution in [2.45, 2.75) is 52.1 Å². The van der Waals surface area contributed by atoms with E-state index in [2.05, 4.69) is 22.9 Å². The summed E-state index contributed by atoms with van der Waals surface area (Å²) in [6.45, 7) is 5.86. The molecule has 1 N–H and O–H groups in total. The van der Waals surface area contributed by atoms with Crippen molar-refractivity contribution in [3.05, 3.63) is 46.5 Å². The number of rotatable bonds is 8. The van der Waals surface area contributed by atoms with E-state index in [1.165, 1.54) is 0 Å². The third-order valence-electron chi connectivity index (χ3n) is 3.42.